The number of carbonyl (C=O) groups is 2. The van der Waals surface area contributed by atoms with Crippen LogP contribution >= 0.6 is 0 Å². The molecule has 86 heavy (non-hydrogen) atoms. The van der Waals surface area contributed by atoms with Crippen molar-refractivity contribution < 1.29 is 49.3 Å². The number of unbranched alkanes of at least 4 members (excludes halogenated alkanes) is 35. The summed E-state index contributed by atoms with van der Waals surface area (Å²) in [5.41, 5.74) is 0. The summed E-state index contributed by atoms with van der Waals surface area (Å²) in [5, 5.41) is 57.3. The van der Waals surface area contributed by atoms with E-state index in [-0.39, 0.29) is 19.4 Å². The van der Waals surface area contributed by atoms with Crippen LogP contribution < -0.4 is 5.32 Å². The summed E-state index contributed by atoms with van der Waals surface area (Å²) >= 11 is 0. The minimum Gasteiger partial charge on any atom is -0.454 e. The molecule has 0 spiro atoms. The Labute approximate surface area is 527 Å². The van der Waals surface area contributed by atoms with E-state index in [1.54, 1.807) is 6.08 Å². The summed E-state index contributed by atoms with van der Waals surface area (Å²) < 4.78 is 17.7. The van der Waals surface area contributed by atoms with E-state index < -0.39 is 67.4 Å². The van der Waals surface area contributed by atoms with Gasteiger partial charge >= 0.3 is 5.97 Å². The lowest BCUT2D eigenvalue weighted by Gasteiger charge is -2.41. The molecule has 0 aromatic heterocycles. The zero-order chi connectivity index (χ0) is 62.4. The highest BCUT2D eigenvalue weighted by Gasteiger charge is 2.47. The van der Waals surface area contributed by atoms with Crippen LogP contribution in [0.1, 0.15) is 316 Å². The van der Waals surface area contributed by atoms with Crippen LogP contribution in [0.5, 0.6) is 0 Å². The number of esters is 1. The van der Waals surface area contributed by atoms with Gasteiger partial charge in [0.05, 0.1) is 25.4 Å². The van der Waals surface area contributed by atoms with Gasteiger partial charge in [-0.3, -0.25) is 9.59 Å². The Hall–Kier alpha value is -3.16. The van der Waals surface area contributed by atoms with Gasteiger partial charge in [0.25, 0.3) is 0 Å². The van der Waals surface area contributed by atoms with Crippen molar-refractivity contribution in [2.75, 3.05) is 13.2 Å². The minimum atomic E-state index is -1.62. The third-order valence-corrected chi connectivity index (χ3v) is 16.5. The van der Waals surface area contributed by atoms with Crippen molar-refractivity contribution in [2.45, 2.75) is 365 Å². The number of nitrogens with one attached hydrogen (secondary N) is 1. The van der Waals surface area contributed by atoms with Crippen LogP contribution in [0.2, 0.25) is 0 Å². The van der Waals surface area contributed by atoms with E-state index >= 15 is 0 Å². The SMILES string of the molecule is CCCCC/C=C\C/C=C\C/C=C\C/C=C\CCCCCCCCCC(=O)OC1C(OCC(NC(=O)C(O)CCCCCCCCCCCCCC/C=C\C/C=C\CCCCC)C(O)/C=C/CCCCCCCCCCCC)OC(CO)C(O)C1O. The van der Waals surface area contributed by atoms with E-state index in [4.69, 9.17) is 14.2 Å². The smallest absolute Gasteiger partial charge is 0.306 e. The summed E-state index contributed by atoms with van der Waals surface area (Å²) in [6, 6.07) is -1.03. The lowest BCUT2D eigenvalue weighted by atomic mass is 9.99. The van der Waals surface area contributed by atoms with E-state index in [1.165, 1.54) is 161 Å². The predicted molar refractivity (Wildman–Crippen MR) is 361 cm³/mol. The summed E-state index contributed by atoms with van der Waals surface area (Å²) in [5.74, 6) is -1.20. The molecule has 1 amide bonds. The van der Waals surface area contributed by atoms with Gasteiger partial charge in [-0.05, 0) is 103 Å². The van der Waals surface area contributed by atoms with Crippen LogP contribution in [-0.2, 0) is 23.8 Å². The summed E-state index contributed by atoms with van der Waals surface area (Å²) in [4.78, 5) is 26.7. The molecule has 6 N–H and O–H groups in total. The first-order chi connectivity index (χ1) is 42.2. The number of hydrogen-bond acceptors (Lipinski definition) is 10. The van der Waals surface area contributed by atoms with E-state index in [0.717, 1.165) is 109 Å². The molecule has 498 valence electrons. The van der Waals surface area contributed by atoms with E-state index in [9.17, 15) is 35.1 Å². The van der Waals surface area contributed by atoms with Gasteiger partial charge in [0.15, 0.2) is 12.4 Å². The number of aliphatic hydroxyl groups is 5. The first kappa shape index (κ1) is 80.9. The van der Waals surface area contributed by atoms with Crippen molar-refractivity contribution >= 4 is 11.9 Å². The Morgan fingerprint density at radius 2 is 0.802 bits per heavy atom. The molecule has 0 radical (unpaired) electrons. The van der Waals surface area contributed by atoms with Gasteiger partial charge in [-0.1, -0.05) is 292 Å². The van der Waals surface area contributed by atoms with E-state index in [1.807, 2.05) is 6.08 Å². The normalized spacial score (nSPS) is 18.8. The Balaban J connectivity index is 2.59. The van der Waals surface area contributed by atoms with Gasteiger partial charge in [0.1, 0.15) is 24.4 Å². The molecule has 0 aromatic rings. The third-order valence-electron chi connectivity index (χ3n) is 16.5. The van der Waals surface area contributed by atoms with Crippen LogP contribution in [0.15, 0.2) is 85.1 Å². The van der Waals surface area contributed by atoms with Gasteiger partial charge in [0.2, 0.25) is 5.91 Å². The quantitative estimate of drug-likeness (QED) is 0.0195. The van der Waals surface area contributed by atoms with Crippen LogP contribution in [-0.4, -0.2) is 99.6 Å². The molecule has 1 aliphatic heterocycles. The Morgan fingerprint density at radius 3 is 1.22 bits per heavy atom. The van der Waals surface area contributed by atoms with Gasteiger partial charge in [0, 0.05) is 6.42 Å². The van der Waals surface area contributed by atoms with Gasteiger partial charge < -0.3 is 45.1 Å². The third kappa shape index (κ3) is 48.7. The maximum atomic E-state index is 13.5. The highest BCUT2D eigenvalue weighted by atomic mass is 16.7. The zero-order valence-electron chi connectivity index (χ0n) is 55.4. The predicted octanol–water partition coefficient (Wildman–Crippen LogP) is 18.5. The van der Waals surface area contributed by atoms with Gasteiger partial charge in [-0.2, -0.15) is 0 Å². The first-order valence-electron chi connectivity index (χ1n) is 35.9. The lowest BCUT2D eigenvalue weighted by Crippen LogP contribution is -2.61. The molecule has 8 atom stereocenters. The van der Waals surface area contributed by atoms with Crippen LogP contribution in [0.25, 0.3) is 0 Å². The Kier molecular flexibility index (Phi) is 58.3. The molecule has 1 aliphatic rings. The number of aliphatic hydroxyl groups excluding tert-OH is 5. The molecule has 1 fully saturated rings. The van der Waals surface area contributed by atoms with Crippen molar-refractivity contribution in [1.82, 2.24) is 5.32 Å². The van der Waals surface area contributed by atoms with Crippen molar-refractivity contribution in [2.24, 2.45) is 0 Å². The first-order valence-corrected chi connectivity index (χ1v) is 35.9. The monoisotopic (exact) mass is 1210 g/mol. The molecule has 0 aliphatic carbocycles. The molecule has 8 unspecified atom stereocenters. The van der Waals surface area contributed by atoms with Crippen molar-refractivity contribution in [3.63, 3.8) is 0 Å². The average Bonchev–Trinajstić information content (AvgIpc) is 3.39. The molecule has 0 saturated carbocycles. The molecular formula is C75H133NO10. The van der Waals surface area contributed by atoms with Crippen molar-refractivity contribution in [3.8, 4) is 0 Å². The standard InChI is InChI=1S/C75H133NO10/c1-4-7-10-13-16-19-22-25-27-29-31-33-35-37-39-41-43-45-48-51-54-57-60-63-70(80)86-73-72(82)71(81)69(64-77)85-75(73)84-65-66(67(78)61-58-55-52-49-46-24-21-18-15-12-9-6-3)76-74(83)68(79)62-59-56-53-50-47-44-42-40-38-36-34-32-30-28-26-23-20-17-14-11-8-5-2/h16-17,19-20,25-28,31,33,37,39,58,61,66-69,71-73,75,77-79,81-82H,4-15,18,21-24,29-30,32,34-36,38,40-57,59-60,62-65H2,1-3H3,(H,76,83)/b19-16-,20-17-,27-25-,28-26-,33-31-,39-37-,61-58+. The summed E-state index contributed by atoms with van der Waals surface area (Å²) in [7, 11) is 0. The maximum Gasteiger partial charge on any atom is 0.306 e. The maximum absolute atomic E-state index is 13.5. The minimum absolute atomic E-state index is 0.109. The second-order valence-electron chi connectivity index (χ2n) is 24.6. The fourth-order valence-corrected chi connectivity index (χ4v) is 10.8. The number of rotatable bonds is 61. The average molecular weight is 1210 g/mol. The van der Waals surface area contributed by atoms with Crippen LogP contribution in [0.4, 0.5) is 0 Å². The molecule has 1 rings (SSSR count). The topological polar surface area (TPSA) is 175 Å². The number of allylic oxidation sites excluding steroid dienone is 13. The highest BCUT2D eigenvalue weighted by Crippen LogP contribution is 2.26. The lowest BCUT2D eigenvalue weighted by molar-refractivity contribution is -0.305. The van der Waals surface area contributed by atoms with Crippen LogP contribution in [0.3, 0.4) is 0 Å². The van der Waals surface area contributed by atoms with Crippen molar-refractivity contribution in [3.05, 3.63) is 85.1 Å². The molecule has 1 saturated heterocycles. The van der Waals surface area contributed by atoms with E-state index in [2.05, 4.69) is 99.0 Å². The molecule has 11 heteroatoms. The fourth-order valence-electron chi connectivity index (χ4n) is 10.8. The van der Waals surface area contributed by atoms with Gasteiger partial charge in [-0.25, -0.2) is 0 Å². The zero-order valence-corrected chi connectivity index (χ0v) is 55.4. The molecular weight excluding hydrogens is 1070 g/mol. The number of hydrogen-bond donors (Lipinski definition) is 6. The number of amides is 1. The Morgan fingerprint density at radius 1 is 0.453 bits per heavy atom. The summed E-state index contributed by atoms with van der Waals surface area (Å²) in [6.45, 7) is 5.76. The van der Waals surface area contributed by atoms with Crippen molar-refractivity contribution in [1.29, 1.82) is 0 Å². The Bertz CT molecular complexity index is 1720. The highest BCUT2D eigenvalue weighted by molar-refractivity contribution is 5.80. The molecule has 11 nitrogen and oxygen atoms in total. The van der Waals surface area contributed by atoms with E-state index in [0.29, 0.717) is 12.8 Å². The van der Waals surface area contributed by atoms with Gasteiger partial charge in [-0.15, -0.1) is 0 Å². The second-order valence-corrected chi connectivity index (χ2v) is 24.6. The molecule has 1 heterocycles. The molecule has 0 aromatic carbocycles. The van der Waals surface area contributed by atoms with Crippen LogP contribution in [0, 0.1) is 0 Å². The molecule has 0 bridgehead atoms. The second kappa shape index (κ2) is 62.1. The fraction of sp³-hybridized carbons (Fsp3) is 0.787. The number of carbonyl (C=O) groups excluding carboxylic acids is 2. The largest absolute Gasteiger partial charge is 0.454 e. The number of ether oxygens (including phenoxy) is 3. The summed E-state index contributed by atoms with van der Waals surface area (Å²) in [6.07, 6.45) is 71.8.